The Hall–Kier alpha value is -3.95. The molecule has 0 radical (unpaired) electrons. The van der Waals surface area contributed by atoms with Gasteiger partial charge in [0.2, 0.25) is 5.91 Å². The van der Waals surface area contributed by atoms with E-state index < -0.39 is 35.1 Å². The molecule has 2 aliphatic rings. The van der Waals surface area contributed by atoms with Gasteiger partial charge in [0.1, 0.15) is 28.8 Å². The number of nitrogens with zero attached hydrogens (tertiary/aromatic N) is 2. The van der Waals surface area contributed by atoms with Crippen molar-refractivity contribution in [2.24, 2.45) is 10.9 Å². The van der Waals surface area contributed by atoms with E-state index in [1.165, 1.54) is 0 Å². The molecule has 0 bridgehead atoms. The summed E-state index contributed by atoms with van der Waals surface area (Å²) in [6.07, 6.45) is -1.52. The minimum atomic E-state index is -4.63. The number of ether oxygens (including phenoxy) is 1. The van der Waals surface area contributed by atoms with Crippen molar-refractivity contribution in [3.05, 3.63) is 82.9 Å². The Labute approximate surface area is 204 Å². The first kappa shape index (κ1) is 23.8. The van der Waals surface area contributed by atoms with Gasteiger partial charge in [-0.25, -0.2) is 4.39 Å². The molecule has 2 N–H and O–H groups in total. The van der Waals surface area contributed by atoms with Gasteiger partial charge in [0.25, 0.3) is 0 Å². The third-order valence-electron chi connectivity index (χ3n) is 6.21. The summed E-state index contributed by atoms with van der Waals surface area (Å²) in [5.74, 6) is -0.0659. The largest absolute Gasteiger partial charge is 0.457 e. The monoisotopic (exact) mass is 498 g/mol. The molecule has 3 aromatic rings. The highest BCUT2D eigenvalue weighted by Crippen LogP contribution is 2.34. The standard InChI is InChI=1S/C26H22F4N4O2/c27-21-6-4-18(26(28,29)30)13-22(21)34-25(35)16-2-1-15-3-5-19(12-17(15)11-16)36-20-7-8-31-23(14-20)24-32-9-10-33-24/h3-8,12-14,16H,1-2,9-11H2,(H,32,33)(H,34,35). The number of rotatable bonds is 5. The Balaban J connectivity index is 1.29. The van der Waals surface area contributed by atoms with Crippen molar-refractivity contribution in [3.63, 3.8) is 0 Å². The summed E-state index contributed by atoms with van der Waals surface area (Å²) in [5, 5.41) is 5.51. The van der Waals surface area contributed by atoms with E-state index in [9.17, 15) is 22.4 Å². The van der Waals surface area contributed by atoms with E-state index in [0.29, 0.717) is 61.2 Å². The van der Waals surface area contributed by atoms with Crippen LogP contribution in [0.15, 0.2) is 59.7 Å². The molecule has 10 heteroatoms. The zero-order chi connectivity index (χ0) is 25.3. The second-order valence-electron chi connectivity index (χ2n) is 8.69. The number of aliphatic imine (C=N–C) groups is 1. The van der Waals surface area contributed by atoms with Gasteiger partial charge in [0.15, 0.2) is 0 Å². The lowest BCUT2D eigenvalue weighted by Gasteiger charge is -2.24. The Morgan fingerprint density at radius 2 is 1.89 bits per heavy atom. The number of hydrogen-bond acceptors (Lipinski definition) is 5. The van der Waals surface area contributed by atoms with Crippen LogP contribution in [0.25, 0.3) is 0 Å². The fourth-order valence-corrected chi connectivity index (χ4v) is 4.36. The van der Waals surface area contributed by atoms with Crippen molar-refractivity contribution in [2.45, 2.75) is 25.4 Å². The smallest absolute Gasteiger partial charge is 0.416 e. The lowest BCUT2D eigenvalue weighted by atomic mass is 9.83. The summed E-state index contributed by atoms with van der Waals surface area (Å²) in [5.41, 5.74) is 1.15. The molecule has 1 atom stereocenters. The summed E-state index contributed by atoms with van der Waals surface area (Å²) >= 11 is 0. The fourth-order valence-electron chi connectivity index (χ4n) is 4.36. The van der Waals surface area contributed by atoms with Crippen LogP contribution in [-0.2, 0) is 23.8 Å². The molecular weight excluding hydrogens is 476 g/mol. The van der Waals surface area contributed by atoms with Gasteiger partial charge in [-0.2, -0.15) is 13.2 Å². The molecule has 0 fully saturated rings. The molecule has 1 aliphatic heterocycles. The van der Waals surface area contributed by atoms with E-state index in [4.69, 9.17) is 4.74 Å². The first-order valence-electron chi connectivity index (χ1n) is 11.5. The summed E-state index contributed by atoms with van der Waals surface area (Å²) in [7, 11) is 0. The number of hydrogen-bond donors (Lipinski definition) is 2. The van der Waals surface area contributed by atoms with Crippen LogP contribution >= 0.6 is 0 Å². The highest BCUT2D eigenvalue weighted by atomic mass is 19.4. The van der Waals surface area contributed by atoms with Crippen LogP contribution < -0.4 is 15.4 Å². The Bertz CT molecular complexity index is 1340. The topological polar surface area (TPSA) is 75.6 Å². The molecular formula is C26H22F4N4O2. The zero-order valence-electron chi connectivity index (χ0n) is 19.0. The number of carbonyl (C=O) groups excluding carboxylic acids is 1. The fraction of sp³-hybridized carbons (Fsp3) is 0.269. The second-order valence-corrected chi connectivity index (χ2v) is 8.69. The third-order valence-corrected chi connectivity index (χ3v) is 6.21. The molecule has 1 aromatic heterocycles. The van der Waals surface area contributed by atoms with Gasteiger partial charge >= 0.3 is 6.18 Å². The summed E-state index contributed by atoms with van der Waals surface area (Å²) in [6, 6.07) is 11.1. The molecule has 1 unspecified atom stereocenters. The summed E-state index contributed by atoms with van der Waals surface area (Å²) in [4.78, 5) is 21.5. The molecule has 0 spiro atoms. The predicted molar refractivity (Wildman–Crippen MR) is 126 cm³/mol. The number of pyridine rings is 1. The van der Waals surface area contributed by atoms with Crippen LogP contribution in [0, 0.1) is 11.7 Å². The number of amidine groups is 1. The summed E-state index contributed by atoms with van der Waals surface area (Å²) < 4.78 is 59.1. The molecule has 0 saturated carbocycles. The van der Waals surface area contributed by atoms with Gasteiger partial charge in [0.05, 0.1) is 17.8 Å². The van der Waals surface area contributed by atoms with E-state index in [0.717, 1.165) is 23.5 Å². The van der Waals surface area contributed by atoms with Crippen LogP contribution in [0.4, 0.5) is 23.2 Å². The molecule has 0 saturated heterocycles. The van der Waals surface area contributed by atoms with Gasteiger partial charge in [-0.1, -0.05) is 6.07 Å². The number of carbonyl (C=O) groups is 1. The van der Waals surface area contributed by atoms with Gasteiger partial charge in [-0.05, 0) is 66.8 Å². The molecule has 2 heterocycles. The number of benzene rings is 2. The number of fused-ring (bicyclic) bond motifs is 1. The van der Waals surface area contributed by atoms with Gasteiger partial charge in [-0.3, -0.25) is 14.8 Å². The Morgan fingerprint density at radius 3 is 2.67 bits per heavy atom. The lowest BCUT2D eigenvalue weighted by Crippen LogP contribution is -2.28. The highest BCUT2D eigenvalue weighted by molar-refractivity contribution is 5.98. The average molecular weight is 498 g/mol. The van der Waals surface area contributed by atoms with Crippen LogP contribution in [0.1, 0.15) is 28.8 Å². The number of alkyl halides is 3. The summed E-state index contributed by atoms with van der Waals surface area (Å²) in [6.45, 7) is 1.46. The van der Waals surface area contributed by atoms with Crippen LogP contribution in [0.3, 0.4) is 0 Å². The normalized spacial score (nSPS) is 17.1. The van der Waals surface area contributed by atoms with Crippen molar-refractivity contribution in [1.29, 1.82) is 0 Å². The molecule has 1 aliphatic carbocycles. The lowest BCUT2D eigenvalue weighted by molar-refractivity contribution is -0.137. The first-order valence-corrected chi connectivity index (χ1v) is 11.5. The van der Waals surface area contributed by atoms with Crippen LogP contribution in [0.2, 0.25) is 0 Å². The van der Waals surface area contributed by atoms with Gasteiger partial charge in [0, 0.05) is 24.7 Å². The third kappa shape index (κ3) is 5.17. The molecule has 5 rings (SSSR count). The molecule has 36 heavy (non-hydrogen) atoms. The second kappa shape index (κ2) is 9.60. The number of halogens is 4. The van der Waals surface area contributed by atoms with Crippen molar-refractivity contribution in [2.75, 3.05) is 18.4 Å². The quantitative estimate of drug-likeness (QED) is 0.479. The zero-order valence-corrected chi connectivity index (χ0v) is 19.0. The molecule has 1 amide bonds. The van der Waals surface area contributed by atoms with E-state index in [2.05, 4.69) is 20.6 Å². The number of amides is 1. The van der Waals surface area contributed by atoms with E-state index in [1.54, 1.807) is 18.3 Å². The predicted octanol–water partition coefficient (Wildman–Crippen LogP) is 5.13. The van der Waals surface area contributed by atoms with E-state index in [-0.39, 0.29) is 0 Å². The van der Waals surface area contributed by atoms with Crippen molar-refractivity contribution in [3.8, 4) is 11.5 Å². The number of nitrogens with one attached hydrogen (secondary N) is 2. The maximum absolute atomic E-state index is 14.1. The van der Waals surface area contributed by atoms with E-state index >= 15 is 0 Å². The van der Waals surface area contributed by atoms with E-state index in [1.807, 2.05) is 18.2 Å². The highest BCUT2D eigenvalue weighted by Gasteiger charge is 2.32. The number of aromatic nitrogens is 1. The average Bonchev–Trinajstić information content (AvgIpc) is 3.39. The maximum atomic E-state index is 14.1. The van der Waals surface area contributed by atoms with Gasteiger partial charge < -0.3 is 15.4 Å². The maximum Gasteiger partial charge on any atom is 0.416 e. The number of aryl methyl sites for hydroxylation is 1. The Morgan fingerprint density at radius 1 is 1.06 bits per heavy atom. The van der Waals surface area contributed by atoms with Crippen molar-refractivity contribution < 1.29 is 27.1 Å². The van der Waals surface area contributed by atoms with Crippen molar-refractivity contribution in [1.82, 2.24) is 10.3 Å². The van der Waals surface area contributed by atoms with Crippen molar-refractivity contribution >= 4 is 17.4 Å². The van der Waals surface area contributed by atoms with Gasteiger partial charge in [-0.15, -0.1) is 0 Å². The SMILES string of the molecule is O=C(Nc1cc(C(F)(F)F)ccc1F)C1CCc2ccc(Oc3ccnc(C4=NCCN4)c3)cc2C1. The van der Waals surface area contributed by atoms with Crippen LogP contribution in [-0.4, -0.2) is 29.8 Å². The molecule has 6 nitrogen and oxygen atoms in total. The number of anilines is 1. The molecule has 186 valence electrons. The minimum absolute atomic E-state index is 0.362. The first-order chi connectivity index (χ1) is 17.3. The molecule has 2 aromatic carbocycles. The van der Waals surface area contributed by atoms with Crippen LogP contribution in [0.5, 0.6) is 11.5 Å². The minimum Gasteiger partial charge on any atom is -0.457 e. The Kier molecular flexibility index (Phi) is 6.34.